The largest absolute Gasteiger partial charge is 0.479 e. The molecule has 1 aromatic heterocycles. The van der Waals surface area contributed by atoms with Crippen molar-refractivity contribution in [2.45, 2.75) is 82.1 Å². The molecule has 0 fully saturated rings. The summed E-state index contributed by atoms with van der Waals surface area (Å²) in [6.45, 7) is 0. The van der Waals surface area contributed by atoms with Gasteiger partial charge in [0.2, 0.25) is 11.2 Å². The van der Waals surface area contributed by atoms with Crippen molar-refractivity contribution in [3.63, 3.8) is 0 Å². The number of ether oxygens (including phenoxy) is 3. The number of carbonyl (C=O) groups is 1. The van der Waals surface area contributed by atoms with Crippen LogP contribution in [0, 0.1) is 17.7 Å². The zero-order chi connectivity index (χ0) is 38.5. The second kappa shape index (κ2) is 16.3. The van der Waals surface area contributed by atoms with E-state index in [1.165, 1.54) is 72.8 Å². The maximum atomic E-state index is 12.5. The van der Waals surface area contributed by atoms with Crippen molar-refractivity contribution in [3.8, 4) is 17.9 Å². The molecule has 8 rings (SSSR count). The quantitative estimate of drug-likeness (QED) is 0.250. The van der Waals surface area contributed by atoms with E-state index in [0.717, 1.165) is 93.0 Å². The summed E-state index contributed by atoms with van der Waals surface area (Å²) in [6, 6.07) is 3.78. The molecule has 2 amide bonds. The number of methoxy groups -OCH3 is 2. The van der Waals surface area contributed by atoms with Crippen LogP contribution >= 0.6 is 0 Å². The average Bonchev–Trinajstić information content (AvgIpc) is 3.99. The molecule has 4 aliphatic carbocycles. The number of hydrogen-bond donors (Lipinski definition) is 3. The summed E-state index contributed by atoms with van der Waals surface area (Å²) in [5.41, 5.74) is 11.0. The minimum Gasteiger partial charge on any atom is -0.479 e. The number of carbonyl (C=O) groups excluding carboxylic acids is 1. The number of aryl methyl sites for hydroxylation is 4. The van der Waals surface area contributed by atoms with Crippen LogP contribution in [0.5, 0.6) is 11.6 Å². The van der Waals surface area contributed by atoms with E-state index < -0.39 is 31.1 Å². The van der Waals surface area contributed by atoms with E-state index in [1.807, 2.05) is 11.0 Å². The molecule has 0 radical (unpaired) electrons. The molecule has 0 bridgehead atoms. The van der Waals surface area contributed by atoms with Crippen LogP contribution in [0.2, 0.25) is 0 Å². The number of anilines is 1. The van der Waals surface area contributed by atoms with Crippen LogP contribution in [0.3, 0.4) is 0 Å². The lowest BCUT2D eigenvalue weighted by atomic mass is 9.99. The maximum absolute atomic E-state index is 12.5. The average molecular weight is 776 g/mol. The number of primary sulfonamides is 1. The van der Waals surface area contributed by atoms with E-state index in [2.05, 4.69) is 48.3 Å². The number of urea groups is 1. The third-order valence-corrected chi connectivity index (χ3v) is 11.7. The van der Waals surface area contributed by atoms with Crippen LogP contribution < -0.4 is 24.7 Å². The Labute approximate surface area is 313 Å². The first kappa shape index (κ1) is 38.3. The van der Waals surface area contributed by atoms with Crippen LogP contribution in [-0.2, 0) is 76.2 Å². The van der Waals surface area contributed by atoms with Gasteiger partial charge in [0.25, 0.3) is 32.2 Å². The Balaban J connectivity index is 0.000000154. The number of rotatable bonds is 5. The van der Waals surface area contributed by atoms with Crippen molar-refractivity contribution >= 4 is 42.7 Å². The minimum atomic E-state index is -4.21. The monoisotopic (exact) mass is 775 g/mol. The second-order valence-corrected chi connectivity index (χ2v) is 16.0. The van der Waals surface area contributed by atoms with Gasteiger partial charge in [0, 0.05) is 23.1 Å². The molecular formula is C36H39N8O8S2+. The highest BCUT2D eigenvalue weighted by atomic mass is 32.2. The maximum Gasteiger partial charge on any atom is 0.403 e. The molecule has 2 aromatic carbocycles. The van der Waals surface area contributed by atoms with Gasteiger partial charge in [-0.1, -0.05) is 12.1 Å². The lowest BCUT2D eigenvalue weighted by molar-refractivity contribution is 0.256. The first-order chi connectivity index (χ1) is 25.9. The van der Waals surface area contributed by atoms with Gasteiger partial charge in [0.1, 0.15) is 12.9 Å². The third-order valence-electron chi connectivity index (χ3n) is 9.64. The molecule has 0 spiro atoms. The molecule has 5 aliphatic rings. The number of nitrogens with zero attached hydrogens (tertiary/aromatic N) is 5. The molecule has 54 heavy (non-hydrogen) atoms. The summed E-state index contributed by atoms with van der Waals surface area (Å²) >= 11 is 0. The zero-order valence-corrected chi connectivity index (χ0v) is 31.4. The van der Waals surface area contributed by atoms with Crippen molar-refractivity contribution in [1.82, 2.24) is 14.7 Å². The molecule has 0 saturated heterocycles. The fourth-order valence-electron chi connectivity index (χ4n) is 7.45. The van der Waals surface area contributed by atoms with Crippen molar-refractivity contribution < 1.29 is 35.8 Å². The predicted octanol–water partition coefficient (Wildman–Crippen LogP) is 3.50. The highest BCUT2D eigenvalue weighted by Crippen LogP contribution is 2.40. The van der Waals surface area contributed by atoms with Gasteiger partial charge in [-0.05, 0) is 122 Å². The van der Waals surface area contributed by atoms with Crippen molar-refractivity contribution in [2.24, 2.45) is 15.1 Å². The Morgan fingerprint density at radius 2 is 1.35 bits per heavy atom. The smallest absolute Gasteiger partial charge is 0.403 e. The molecule has 0 unspecified atom stereocenters. The van der Waals surface area contributed by atoms with Crippen molar-refractivity contribution in [1.29, 1.82) is 5.26 Å². The van der Waals surface area contributed by atoms with Gasteiger partial charge in [0.15, 0.2) is 6.20 Å². The Kier molecular flexibility index (Phi) is 11.5. The van der Waals surface area contributed by atoms with Gasteiger partial charge in [0.05, 0.1) is 7.11 Å². The molecule has 282 valence electrons. The van der Waals surface area contributed by atoms with Crippen LogP contribution in [-0.4, -0.2) is 58.0 Å². The van der Waals surface area contributed by atoms with Crippen LogP contribution in [0.15, 0.2) is 45.7 Å². The number of nitrogens with two attached hydrogens (primary N) is 1. The van der Waals surface area contributed by atoms with Gasteiger partial charge in [-0.3, -0.25) is 0 Å². The molecule has 0 saturated carbocycles. The number of amides is 2. The van der Waals surface area contributed by atoms with Crippen LogP contribution in [0.1, 0.15) is 70.2 Å². The number of nitriles is 1. The minimum absolute atomic E-state index is 0.153. The van der Waals surface area contributed by atoms with Gasteiger partial charge in [-0.15, -0.1) is 5.26 Å². The molecule has 4 N–H and O–H groups in total. The third kappa shape index (κ3) is 8.19. The normalized spacial score (nSPS) is 15.9. The van der Waals surface area contributed by atoms with Gasteiger partial charge in [-0.2, -0.15) is 13.4 Å². The molecule has 2 heterocycles. The number of aromatic nitrogens is 2. The fraction of sp³-hybridized carbons (Fsp3) is 0.389. The number of nitrogens with one attached hydrogen (secondary N) is 2. The van der Waals surface area contributed by atoms with Crippen LogP contribution in [0.25, 0.3) is 0 Å². The number of hydrogen-bond acceptors (Lipinski definition) is 13. The van der Waals surface area contributed by atoms with E-state index in [0.29, 0.717) is 0 Å². The van der Waals surface area contributed by atoms with E-state index in [4.69, 9.17) is 19.9 Å². The Morgan fingerprint density at radius 3 is 1.85 bits per heavy atom. The topological polar surface area (TPSA) is 237 Å². The highest BCUT2D eigenvalue weighted by molar-refractivity contribution is 8.06. The van der Waals surface area contributed by atoms with E-state index in [9.17, 15) is 21.6 Å². The summed E-state index contributed by atoms with van der Waals surface area (Å²) in [6.07, 6.45) is 20.6. The summed E-state index contributed by atoms with van der Waals surface area (Å²) in [7, 11) is -5.51. The van der Waals surface area contributed by atoms with E-state index in [-0.39, 0.29) is 16.8 Å². The second-order valence-electron chi connectivity index (χ2n) is 12.9. The number of fused-ring (bicyclic) bond motifs is 4. The highest BCUT2D eigenvalue weighted by Gasteiger charge is 2.32. The Bertz CT molecular complexity index is 2270. The number of benzene rings is 2. The molecular weight excluding hydrogens is 737 g/mol. The van der Waals surface area contributed by atoms with Crippen LogP contribution in [0.4, 0.5) is 10.5 Å². The summed E-state index contributed by atoms with van der Waals surface area (Å²) in [4.78, 5) is 27.1. The summed E-state index contributed by atoms with van der Waals surface area (Å²) in [5, 5.41) is 15.5. The molecule has 16 nitrogen and oxygen atoms in total. The lowest BCUT2D eigenvalue weighted by Crippen LogP contribution is -2.35. The predicted molar refractivity (Wildman–Crippen MR) is 198 cm³/mol. The number of aliphatic imine (C=N–C) groups is 2. The molecule has 18 heteroatoms. The van der Waals surface area contributed by atoms with E-state index in [1.54, 1.807) is 0 Å². The van der Waals surface area contributed by atoms with Crippen molar-refractivity contribution in [3.05, 3.63) is 81.4 Å². The lowest BCUT2D eigenvalue weighted by Gasteiger charge is -2.16. The van der Waals surface area contributed by atoms with E-state index >= 15 is 0 Å². The summed E-state index contributed by atoms with van der Waals surface area (Å²) < 4.78 is 63.4. The first-order valence-electron chi connectivity index (χ1n) is 17.3. The van der Waals surface area contributed by atoms with Crippen molar-refractivity contribution in [2.75, 3.05) is 19.5 Å². The van der Waals surface area contributed by atoms with Gasteiger partial charge in [-0.25, -0.2) is 33.0 Å². The Morgan fingerprint density at radius 1 is 0.815 bits per heavy atom. The van der Waals surface area contributed by atoms with Gasteiger partial charge >= 0.3 is 17.0 Å². The van der Waals surface area contributed by atoms with Gasteiger partial charge < -0.3 is 19.5 Å². The molecule has 3 aromatic rings. The standard InChI is InChI=1S/C18H20N4O4S.C13H13NO.C5H6N3O3S/c1-26-16-17(20-9-8-19-16)27(24,25)22-18(23)21-15-13-6-2-4-11(13)10-12-5-3-7-14(12)15;14-8-15-13-11-5-1-3-9(11)7-10-4-2-6-12(10)13;1-11-4-5(12(6,9)10)8-3-2-7-4/h8-10H,2-7H2,1H3,(H2,21,22,23);7H,1-6H2;3H,1H3,(H2,6,9,10)/q;;+1. The SMILES string of the molecule is COC1=N[C+]=CN=C1S(N)(=O)=O.COc1nccnc1S(=O)(=O)NC(=O)Nc1c2c(cc3c1CCC3)CCC2.N#COc1c2c(cc3c1CCC3)CCC2. The fourth-order valence-corrected chi connectivity index (χ4v) is 8.98. The molecule has 1 aliphatic heterocycles. The summed E-state index contributed by atoms with van der Waals surface area (Å²) in [5.74, 6) is 0.583. The molecule has 0 atom stereocenters. The number of sulfonamides is 2. The zero-order valence-electron chi connectivity index (χ0n) is 29.8. The Hall–Kier alpha value is -5.47. The first-order valence-corrected chi connectivity index (χ1v) is 20.4.